The largest absolute Gasteiger partial charge is 0.355 e. The molecule has 4 aromatic rings. The Labute approximate surface area is 193 Å². The van der Waals surface area contributed by atoms with Crippen LogP contribution in [0, 0.1) is 6.92 Å². The van der Waals surface area contributed by atoms with E-state index in [0.717, 1.165) is 46.1 Å². The van der Waals surface area contributed by atoms with Gasteiger partial charge in [-0.2, -0.15) is 5.10 Å². The zero-order valence-electron chi connectivity index (χ0n) is 18.8. The summed E-state index contributed by atoms with van der Waals surface area (Å²) in [7, 11) is 0. The first-order valence-corrected chi connectivity index (χ1v) is 11.2. The van der Waals surface area contributed by atoms with Gasteiger partial charge in [-0.15, -0.1) is 0 Å². The molecule has 1 aromatic heterocycles. The molecule has 0 saturated carbocycles. The molecule has 6 nitrogen and oxygen atoms in total. The van der Waals surface area contributed by atoms with Gasteiger partial charge >= 0.3 is 0 Å². The number of nitrogens with one attached hydrogen (secondary N) is 2. The molecule has 0 atom stereocenters. The Morgan fingerprint density at radius 3 is 2.45 bits per heavy atom. The second kappa shape index (κ2) is 10.6. The lowest BCUT2D eigenvalue weighted by atomic mass is 10.0. The zero-order chi connectivity index (χ0) is 23.0. The summed E-state index contributed by atoms with van der Waals surface area (Å²) in [5.74, 6) is -0.344. The molecule has 0 aliphatic carbocycles. The van der Waals surface area contributed by atoms with Gasteiger partial charge in [-0.05, 0) is 53.8 Å². The van der Waals surface area contributed by atoms with E-state index in [1.54, 1.807) is 0 Å². The molecule has 6 heteroatoms. The van der Waals surface area contributed by atoms with Crippen LogP contribution in [0.25, 0.3) is 16.5 Å². The Kier molecular flexibility index (Phi) is 7.15. The Balaban J connectivity index is 1.19. The molecule has 0 saturated heterocycles. The van der Waals surface area contributed by atoms with Crippen LogP contribution in [0.3, 0.4) is 0 Å². The summed E-state index contributed by atoms with van der Waals surface area (Å²) in [5.41, 5.74) is 4.14. The molecule has 0 unspecified atom stereocenters. The van der Waals surface area contributed by atoms with E-state index in [-0.39, 0.29) is 24.8 Å². The highest BCUT2D eigenvalue weighted by atomic mass is 16.2. The number of aryl methyl sites for hydroxylation is 2. The van der Waals surface area contributed by atoms with Crippen LogP contribution in [-0.4, -0.2) is 34.7 Å². The van der Waals surface area contributed by atoms with Crippen molar-refractivity contribution in [2.75, 3.05) is 13.1 Å². The summed E-state index contributed by atoms with van der Waals surface area (Å²) in [6.07, 6.45) is 3.92. The van der Waals surface area contributed by atoms with E-state index < -0.39 is 0 Å². The minimum Gasteiger partial charge on any atom is -0.355 e. The summed E-state index contributed by atoms with van der Waals surface area (Å²) in [6, 6.07) is 23.9. The van der Waals surface area contributed by atoms with Gasteiger partial charge in [-0.1, -0.05) is 60.7 Å². The van der Waals surface area contributed by atoms with E-state index >= 15 is 0 Å². The maximum atomic E-state index is 12.3. The number of carbonyl (C=O) groups excluding carboxylic acids is 2. The summed E-state index contributed by atoms with van der Waals surface area (Å²) in [6.45, 7) is 2.53. The van der Waals surface area contributed by atoms with Crippen molar-refractivity contribution in [3.05, 3.63) is 95.8 Å². The van der Waals surface area contributed by atoms with Gasteiger partial charge in [0.15, 0.2) is 0 Å². The van der Waals surface area contributed by atoms with Crippen molar-refractivity contribution >= 4 is 22.6 Å². The number of aromatic nitrogens is 2. The van der Waals surface area contributed by atoms with Gasteiger partial charge in [0.1, 0.15) is 0 Å². The maximum absolute atomic E-state index is 12.3. The normalized spacial score (nSPS) is 10.8. The number of hydrogen-bond donors (Lipinski definition) is 2. The van der Waals surface area contributed by atoms with E-state index in [0.29, 0.717) is 6.54 Å². The lowest BCUT2D eigenvalue weighted by Crippen LogP contribution is -2.38. The average Bonchev–Trinajstić information content (AvgIpc) is 3.22. The minimum atomic E-state index is -0.182. The summed E-state index contributed by atoms with van der Waals surface area (Å²) in [4.78, 5) is 24.5. The first-order valence-electron chi connectivity index (χ1n) is 11.2. The lowest BCUT2D eigenvalue weighted by molar-refractivity contribution is -0.125. The Morgan fingerprint density at radius 2 is 1.61 bits per heavy atom. The van der Waals surface area contributed by atoms with Crippen molar-refractivity contribution in [1.29, 1.82) is 0 Å². The fourth-order valence-electron chi connectivity index (χ4n) is 3.88. The predicted octanol–water partition coefficient (Wildman–Crippen LogP) is 3.74. The Morgan fingerprint density at radius 1 is 0.848 bits per heavy atom. The molecule has 0 bridgehead atoms. The molecule has 1 heterocycles. The molecule has 168 valence electrons. The summed E-state index contributed by atoms with van der Waals surface area (Å²) >= 11 is 0. The number of hydrogen-bond acceptors (Lipinski definition) is 3. The third-order valence-electron chi connectivity index (χ3n) is 5.64. The van der Waals surface area contributed by atoms with Gasteiger partial charge in [0, 0.05) is 12.7 Å². The Bertz CT molecular complexity index is 1240. The topological polar surface area (TPSA) is 76.0 Å². The van der Waals surface area contributed by atoms with E-state index in [4.69, 9.17) is 0 Å². The van der Waals surface area contributed by atoms with Crippen molar-refractivity contribution in [1.82, 2.24) is 20.4 Å². The average molecular weight is 441 g/mol. The van der Waals surface area contributed by atoms with Crippen molar-refractivity contribution in [2.45, 2.75) is 26.2 Å². The third kappa shape index (κ3) is 5.86. The van der Waals surface area contributed by atoms with E-state index in [9.17, 15) is 9.59 Å². The first-order chi connectivity index (χ1) is 16.1. The number of rotatable bonds is 9. The van der Waals surface area contributed by atoms with Crippen LogP contribution in [0.4, 0.5) is 0 Å². The number of para-hydroxylation sites is 1. The molecule has 2 N–H and O–H groups in total. The van der Waals surface area contributed by atoms with Crippen molar-refractivity contribution in [3.8, 4) is 5.69 Å². The number of benzene rings is 3. The fraction of sp³-hybridized carbons (Fsp3) is 0.222. The van der Waals surface area contributed by atoms with Crippen LogP contribution in [0.15, 0.2) is 79.0 Å². The first kappa shape index (κ1) is 22.3. The number of amides is 2. The maximum Gasteiger partial charge on any atom is 0.239 e. The molecule has 2 amide bonds. The quantitative estimate of drug-likeness (QED) is 0.389. The van der Waals surface area contributed by atoms with Gasteiger partial charge in [-0.3, -0.25) is 9.59 Å². The third-order valence-corrected chi connectivity index (χ3v) is 5.64. The summed E-state index contributed by atoms with van der Waals surface area (Å²) < 4.78 is 1.88. The number of fused-ring (bicyclic) bond motifs is 1. The molecular weight excluding hydrogens is 412 g/mol. The van der Waals surface area contributed by atoms with Gasteiger partial charge in [0.2, 0.25) is 11.8 Å². The molecule has 0 radical (unpaired) electrons. The molecular formula is C27H28N4O2. The van der Waals surface area contributed by atoms with Gasteiger partial charge in [0.05, 0.1) is 24.3 Å². The molecule has 0 aliphatic heterocycles. The number of nitrogens with zero attached hydrogens (tertiary/aromatic N) is 2. The van der Waals surface area contributed by atoms with Crippen LogP contribution in [0.1, 0.15) is 23.2 Å². The van der Waals surface area contributed by atoms with E-state index in [2.05, 4.69) is 15.7 Å². The standard InChI is InChI=1S/C27H28N4O2/c1-20-23(19-31(30-20)24-13-3-2-4-14-24)12-8-16-28-27(33)18-29-26(32)17-22-11-7-10-21-9-5-6-15-25(21)22/h2-7,9-11,13-15,19H,8,12,16-18H2,1H3,(H,28,33)(H,29,32). The van der Waals surface area contributed by atoms with Gasteiger partial charge < -0.3 is 10.6 Å². The number of carbonyl (C=O) groups is 2. The van der Waals surface area contributed by atoms with Crippen LogP contribution in [0.5, 0.6) is 0 Å². The molecule has 0 fully saturated rings. The van der Waals surface area contributed by atoms with Crippen LogP contribution >= 0.6 is 0 Å². The van der Waals surface area contributed by atoms with Crippen LogP contribution in [-0.2, 0) is 22.4 Å². The van der Waals surface area contributed by atoms with Crippen molar-refractivity contribution in [3.63, 3.8) is 0 Å². The van der Waals surface area contributed by atoms with E-state index in [1.807, 2.05) is 90.6 Å². The Hall–Kier alpha value is -3.93. The van der Waals surface area contributed by atoms with Gasteiger partial charge in [-0.25, -0.2) is 4.68 Å². The highest BCUT2D eigenvalue weighted by molar-refractivity contribution is 5.91. The molecule has 0 aliphatic rings. The second-order valence-electron chi connectivity index (χ2n) is 8.07. The predicted molar refractivity (Wildman–Crippen MR) is 130 cm³/mol. The molecule has 4 rings (SSSR count). The monoisotopic (exact) mass is 440 g/mol. The highest BCUT2D eigenvalue weighted by Crippen LogP contribution is 2.18. The van der Waals surface area contributed by atoms with Crippen molar-refractivity contribution < 1.29 is 9.59 Å². The van der Waals surface area contributed by atoms with E-state index in [1.165, 1.54) is 0 Å². The summed E-state index contributed by atoms with van der Waals surface area (Å²) in [5, 5.41) is 12.3. The van der Waals surface area contributed by atoms with Gasteiger partial charge in [0.25, 0.3) is 0 Å². The minimum absolute atomic E-state index is 0.0193. The SMILES string of the molecule is Cc1nn(-c2ccccc2)cc1CCCNC(=O)CNC(=O)Cc1cccc2ccccc12. The van der Waals surface area contributed by atoms with Crippen molar-refractivity contribution in [2.24, 2.45) is 0 Å². The lowest BCUT2D eigenvalue weighted by Gasteiger charge is -2.09. The molecule has 0 spiro atoms. The second-order valence-corrected chi connectivity index (χ2v) is 8.07. The molecule has 3 aromatic carbocycles. The van der Waals surface area contributed by atoms with Crippen LogP contribution < -0.4 is 10.6 Å². The zero-order valence-corrected chi connectivity index (χ0v) is 18.8. The molecule has 33 heavy (non-hydrogen) atoms. The highest BCUT2D eigenvalue weighted by Gasteiger charge is 2.10. The fourth-order valence-corrected chi connectivity index (χ4v) is 3.88. The smallest absolute Gasteiger partial charge is 0.239 e. The van der Waals surface area contributed by atoms with Crippen LogP contribution in [0.2, 0.25) is 0 Å².